The maximum atomic E-state index is 11.7. The van der Waals surface area contributed by atoms with Gasteiger partial charge in [0.25, 0.3) is 5.91 Å². The molecular weight excluding hydrogens is 439 g/mol. The van der Waals surface area contributed by atoms with E-state index in [9.17, 15) is 4.79 Å². The molecule has 0 saturated carbocycles. The summed E-state index contributed by atoms with van der Waals surface area (Å²) in [6, 6.07) is 15.8. The van der Waals surface area contributed by atoms with Crippen molar-refractivity contribution in [3.63, 3.8) is 0 Å². The van der Waals surface area contributed by atoms with E-state index in [1.807, 2.05) is 37.3 Å². The molecule has 140 valence electrons. The first kappa shape index (κ1) is 22.0. The van der Waals surface area contributed by atoms with Gasteiger partial charge in [-0.05, 0) is 42.7 Å². The normalized spacial score (nSPS) is 10.7. The lowest BCUT2D eigenvalue weighted by atomic mass is 10.1. The molecule has 0 atom stereocenters. The van der Waals surface area contributed by atoms with Crippen LogP contribution in [0.25, 0.3) is 0 Å². The van der Waals surface area contributed by atoms with Gasteiger partial charge in [0.05, 0.1) is 6.54 Å². The second-order valence-electron chi connectivity index (χ2n) is 5.75. The van der Waals surface area contributed by atoms with Gasteiger partial charge in [0.2, 0.25) is 0 Å². The smallest absolute Gasteiger partial charge is 0.251 e. The lowest BCUT2D eigenvalue weighted by Gasteiger charge is -2.13. The highest BCUT2D eigenvalue weighted by atomic mass is 127. The molecule has 0 unspecified atom stereocenters. The van der Waals surface area contributed by atoms with E-state index in [4.69, 9.17) is 0 Å². The van der Waals surface area contributed by atoms with Gasteiger partial charge >= 0.3 is 0 Å². The number of guanidine groups is 1. The third-order valence-electron chi connectivity index (χ3n) is 3.89. The number of hydrogen-bond donors (Lipinski definition) is 3. The Morgan fingerprint density at radius 2 is 1.85 bits per heavy atom. The van der Waals surface area contributed by atoms with Crippen LogP contribution in [0.5, 0.6) is 0 Å². The first-order chi connectivity index (χ1) is 12.1. The van der Waals surface area contributed by atoms with Crippen molar-refractivity contribution < 1.29 is 4.79 Å². The molecule has 0 saturated heterocycles. The van der Waals surface area contributed by atoms with Crippen LogP contribution in [0.1, 0.15) is 34.0 Å². The molecule has 0 aliphatic rings. The largest absolute Gasteiger partial charge is 0.357 e. The Morgan fingerprint density at radius 1 is 1.08 bits per heavy atom. The van der Waals surface area contributed by atoms with Crippen molar-refractivity contribution in [3.8, 4) is 0 Å². The third-order valence-corrected chi connectivity index (χ3v) is 3.89. The minimum Gasteiger partial charge on any atom is -0.357 e. The zero-order chi connectivity index (χ0) is 18.1. The lowest BCUT2D eigenvalue weighted by molar-refractivity contribution is 0.0963. The maximum Gasteiger partial charge on any atom is 0.251 e. The van der Waals surface area contributed by atoms with Crippen molar-refractivity contribution >= 4 is 35.8 Å². The van der Waals surface area contributed by atoms with Crippen LogP contribution in [0, 0.1) is 6.92 Å². The number of nitrogens with zero attached hydrogens (tertiary/aromatic N) is 1. The summed E-state index contributed by atoms with van der Waals surface area (Å²) < 4.78 is 0. The summed E-state index contributed by atoms with van der Waals surface area (Å²) in [5.41, 5.74) is 4.14. The summed E-state index contributed by atoms with van der Waals surface area (Å²) in [5, 5.41) is 9.24. The fourth-order valence-corrected chi connectivity index (χ4v) is 2.45. The molecule has 0 bridgehead atoms. The molecule has 2 rings (SSSR count). The maximum absolute atomic E-state index is 11.7. The van der Waals surface area contributed by atoms with Crippen LogP contribution in [-0.2, 0) is 13.1 Å². The van der Waals surface area contributed by atoms with Crippen LogP contribution >= 0.6 is 24.0 Å². The van der Waals surface area contributed by atoms with E-state index in [-0.39, 0.29) is 29.9 Å². The highest BCUT2D eigenvalue weighted by Gasteiger charge is 2.04. The number of nitrogens with one attached hydrogen (secondary N) is 3. The monoisotopic (exact) mass is 466 g/mol. The van der Waals surface area contributed by atoms with Gasteiger partial charge in [-0.25, -0.2) is 4.99 Å². The molecule has 0 fully saturated rings. The Labute approximate surface area is 172 Å². The van der Waals surface area contributed by atoms with E-state index >= 15 is 0 Å². The van der Waals surface area contributed by atoms with Crippen LogP contribution < -0.4 is 16.0 Å². The predicted molar refractivity (Wildman–Crippen MR) is 118 cm³/mol. The number of hydrogen-bond acceptors (Lipinski definition) is 2. The summed E-state index contributed by atoms with van der Waals surface area (Å²) >= 11 is 0. The summed E-state index contributed by atoms with van der Waals surface area (Å²) in [5.74, 6) is 0.673. The Morgan fingerprint density at radius 3 is 2.54 bits per heavy atom. The average Bonchev–Trinajstić information content (AvgIpc) is 2.64. The number of rotatable bonds is 6. The van der Waals surface area contributed by atoms with Crippen LogP contribution in [0.3, 0.4) is 0 Å². The van der Waals surface area contributed by atoms with Gasteiger partial charge in [0.15, 0.2) is 5.96 Å². The number of carbonyl (C=O) groups excluding carboxylic acids is 1. The van der Waals surface area contributed by atoms with Gasteiger partial charge in [-0.2, -0.15) is 0 Å². The SMILES string of the molecule is CCNC(=NCc1cccc(C(=O)NC)c1)NCc1ccccc1C.I. The third kappa shape index (κ3) is 6.67. The number of amides is 1. The molecule has 0 radical (unpaired) electrons. The van der Waals surface area contributed by atoms with Crippen molar-refractivity contribution in [1.29, 1.82) is 0 Å². The van der Waals surface area contributed by atoms with Gasteiger partial charge in [-0.3, -0.25) is 4.79 Å². The van der Waals surface area contributed by atoms with E-state index < -0.39 is 0 Å². The minimum absolute atomic E-state index is 0. The van der Waals surface area contributed by atoms with Gasteiger partial charge in [-0.15, -0.1) is 24.0 Å². The number of carbonyl (C=O) groups is 1. The Hall–Kier alpha value is -2.09. The molecule has 1 amide bonds. The van der Waals surface area contributed by atoms with Gasteiger partial charge < -0.3 is 16.0 Å². The highest BCUT2D eigenvalue weighted by molar-refractivity contribution is 14.0. The van der Waals surface area contributed by atoms with E-state index in [1.54, 1.807) is 13.1 Å². The second kappa shape index (κ2) is 11.5. The molecule has 0 aliphatic carbocycles. The number of halogens is 1. The highest BCUT2D eigenvalue weighted by Crippen LogP contribution is 2.08. The van der Waals surface area contributed by atoms with Crippen molar-refractivity contribution in [2.24, 2.45) is 4.99 Å². The van der Waals surface area contributed by atoms with E-state index in [1.165, 1.54) is 11.1 Å². The first-order valence-corrected chi connectivity index (χ1v) is 8.51. The molecule has 2 aromatic carbocycles. The van der Waals surface area contributed by atoms with Crippen LogP contribution in [-0.4, -0.2) is 25.5 Å². The molecule has 0 aliphatic heterocycles. The summed E-state index contributed by atoms with van der Waals surface area (Å²) in [7, 11) is 1.63. The Bertz CT molecular complexity index is 746. The number of aryl methyl sites for hydroxylation is 1. The molecule has 2 aromatic rings. The van der Waals surface area contributed by atoms with E-state index in [0.717, 1.165) is 24.6 Å². The van der Waals surface area contributed by atoms with Gasteiger partial charge in [-0.1, -0.05) is 36.4 Å². The summed E-state index contributed by atoms with van der Waals surface area (Å²) in [4.78, 5) is 16.3. The number of benzene rings is 2. The molecule has 0 heterocycles. The predicted octanol–water partition coefficient (Wildman–Crippen LogP) is 3.23. The molecule has 0 spiro atoms. The average molecular weight is 466 g/mol. The molecule has 3 N–H and O–H groups in total. The van der Waals surface area contributed by atoms with Crippen LogP contribution in [0.4, 0.5) is 0 Å². The Kier molecular flexibility index (Phi) is 9.72. The zero-order valence-electron chi connectivity index (χ0n) is 15.5. The molecule has 26 heavy (non-hydrogen) atoms. The van der Waals surface area contributed by atoms with Crippen LogP contribution in [0.2, 0.25) is 0 Å². The van der Waals surface area contributed by atoms with Gasteiger partial charge in [0.1, 0.15) is 0 Å². The zero-order valence-corrected chi connectivity index (χ0v) is 17.8. The molecule has 0 aromatic heterocycles. The van der Waals surface area contributed by atoms with E-state index in [0.29, 0.717) is 12.1 Å². The Balaban J connectivity index is 0.00000338. The standard InChI is InChI=1S/C20H26N4O.HI/c1-4-22-20(24-14-18-10-6-5-8-15(18)2)23-13-16-9-7-11-17(12-16)19(25)21-3;/h5-12H,4,13-14H2,1-3H3,(H,21,25)(H2,22,23,24);1H. The molecule has 6 heteroatoms. The minimum atomic E-state index is -0.0876. The lowest BCUT2D eigenvalue weighted by Crippen LogP contribution is -2.36. The quantitative estimate of drug-likeness (QED) is 0.348. The first-order valence-electron chi connectivity index (χ1n) is 8.51. The molecular formula is C20H27IN4O. The van der Waals surface area contributed by atoms with Gasteiger partial charge in [0, 0.05) is 25.7 Å². The van der Waals surface area contributed by atoms with E-state index in [2.05, 4.69) is 40.0 Å². The fraction of sp³-hybridized carbons (Fsp3) is 0.300. The number of aliphatic imine (C=N–C) groups is 1. The second-order valence-corrected chi connectivity index (χ2v) is 5.75. The topological polar surface area (TPSA) is 65.5 Å². The molecule has 5 nitrogen and oxygen atoms in total. The van der Waals surface area contributed by atoms with Crippen molar-refractivity contribution in [2.75, 3.05) is 13.6 Å². The van der Waals surface area contributed by atoms with Crippen molar-refractivity contribution in [1.82, 2.24) is 16.0 Å². The van der Waals surface area contributed by atoms with Crippen LogP contribution in [0.15, 0.2) is 53.5 Å². The summed E-state index contributed by atoms with van der Waals surface area (Å²) in [6.45, 7) is 6.16. The van der Waals surface area contributed by atoms with Crippen molar-refractivity contribution in [3.05, 3.63) is 70.8 Å². The fourth-order valence-electron chi connectivity index (χ4n) is 2.45. The van der Waals surface area contributed by atoms with Crippen molar-refractivity contribution in [2.45, 2.75) is 26.9 Å². The summed E-state index contributed by atoms with van der Waals surface area (Å²) in [6.07, 6.45) is 0.